The number of likely N-dealkylation sites (tertiary alicyclic amines) is 1. The van der Waals surface area contributed by atoms with Crippen molar-refractivity contribution in [3.8, 4) is 0 Å². The summed E-state index contributed by atoms with van der Waals surface area (Å²) >= 11 is 0. The second kappa shape index (κ2) is 5.49. The fourth-order valence-electron chi connectivity index (χ4n) is 2.34. The number of nitrogens with two attached hydrogens (primary N) is 1. The Labute approximate surface area is 102 Å². The number of carboxylic acid groups (broad SMARTS) is 1. The molecule has 0 aromatic rings. The summed E-state index contributed by atoms with van der Waals surface area (Å²) in [6.45, 7) is 4.64. The smallest absolute Gasteiger partial charge is 0.311 e. The van der Waals surface area contributed by atoms with Crippen molar-refractivity contribution in [1.29, 1.82) is 0 Å². The van der Waals surface area contributed by atoms with Crippen molar-refractivity contribution in [1.82, 2.24) is 4.90 Å². The number of hydrogen-bond acceptors (Lipinski definition) is 3. The van der Waals surface area contributed by atoms with Gasteiger partial charge in [-0.05, 0) is 19.3 Å². The molecule has 0 saturated carbocycles. The molecule has 5 nitrogen and oxygen atoms in total. The van der Waals surface area contributed by atoms with Gasteiger partial charge in [-0.2, -0.15) is 0 Å². The molecule has 0 aromatic carbocycles. The monoisotopic (exact) mass is 242 g/mol. The van der Waals surface area contributed by atoms with E-state index >= 15 is 0 Å². The molecule has 1 unspecified atom stereocenters. The Bertz CT molecular complexity index is 306. The van der Waals surface area contributed by atoms with Crippen molar-refractivity contribution in [2.24, 2.45) is 11.1 Å². The molecule has 0 radical (unpaired) electrons. The van der Waals surface area contributed by atoms with Crippen LogP contribution in [0.25, 0.3) is 0 Å². The van der Waals surface area contributed by atoms with Gasteiger partial charge in [0, 0.05) is 13.1 Å². The zero-order valence-corrected chi connectivity index (χ0v) is 10.6. The van der Waals surface area contributed by atoms with E-state index in [9.17, 15) is 14.7 Å². The van der Waals surface area contributed by atoms with E-state index in [-0.39, 0.29) is 5.91 Å². The topological polar surface area (TPSA) is 83.6 Å². The molecule has 5 heteroatoms. The van der Waals surface area contributed by atoms with E-state index in [4.69, 9.17) is 5.73 Å². The van der Waals surface area contributed by atoms with Crippen LogP contribution in [0.2, 0.25) is 0 Å². The largest absolute Gasteiger partial charge is 0.481 e. The molecule has 1 heterocycles. The third-order valence-corrected chi connectivity index (χ3v) is 3.71. The SMILES string of the molecule is CCC[C@H](N)C(=O)N1CCC(CC)(C(=O)O)C1. The highest BCUT2D eigenvalue weighted by Gasteiger charge is 2.45. The summed E-state index contributed by atoms with van der Waals surface area (Å²) in [6.07, 6.45) is 2.60. The first-order chi connectivity index (χ1) is 7.96. The lowest BCUT2D eigenvalue weighted by atomic mass is 9.84. The summed E-state index contributed by atoms with van der Waals surface area (Å²) in [5.74, 6) is -0.914. The second-order valence-corrected chi connectivity index (χ2v) is 4.84. The number of rotatable bonds is 5. The maximum atomic E-state index is 12.0. The molecule has 17 heavy (non-hydrogen) atoms. The van der Waals surface area contributed by atoms with Gasteiger partial charge in [0.25, 0.3) is 0 Å². The number of carbonyl (C=O) groups excluding carboxylic acids is 1. The van der Waals surface area contributed by atoms with E-state index in [0.29, 0.717) is 32.4 Å². The number of hydrogen-bond donors (Lipinski definition) is 2. The summed E-state index contributed by atoms with van der Waals surface area (Å²) in [4.78, 5) is 24.8. The van der Waals surface area contributed by atoms with Crippen molar-refractivity contribution in [2.45, 2.75) is 45.6 Å². The number of carboxylic acids is 1. The van der Waals surface area contributed by atoms with Crippen molar-refractivity contribution in [3.05, 3.63) is 0 Å². The summed E-state index contributed by atoms with van der Waals surface area (Å²) in [5.41, 5.74) is 5.01. The Morgan fingerprint density at radius 2 is 2.12 bits per heavy atom. The van der Waals surface area contributed by atoms with Crippen LogP contribution in [0.3, 0.4) is 0 Å². The van der Waals surface area contributed by atoms with E-state index in [0.717, 1.165) is 6.42 Å². The van der Waals surface area contributed by atoms with Gasteiger partial charge in [-0.1, -0.05) is 20.3 Å². The molecule has 3 N–H and O–H groups in total. The van der Waals surface area contributed by atoms with E-state index in [1.165, 1.54) is 0 Å². The minimum atomic E-state index is -0.806. The molecule has 0 aromatic heterocycles. The maximum Gasteiger partial charge on any atom is 0.311 e. The lowest BCUT2D eigenvalue weighted by Crippen LogP contribution is -2.44. The average molecular weight is 242 g/mol. The molecular weight excluding hydrogens is 220 g/mol. The summed E-state index contributed by atoms with van der Waals surface area (Å²) in [6, 6.07) is -0.485. The molecule has 0 bridgehead atoms. The van der Waals surface area contributed by atoms with Gasteiger partial charge in [-0.25, -0.2) is 0 Å². The minimum absolute atomic E-state index is 0.108. The molecule has 1 aliphatic heterocycles. The fraction of sp³-hybridized carbons (Fsp3) is 0.833. The number of nitrogens with zero attached hydrogens (tertiary/aromatic N) is 1. The first-order valence-corrected chi connectivity index (χ1v) is 6.24. The molecular formula is C12H22N2O3. The van der Waals surface area contributed by atoms with Gasteiger partial charge in [0.1, 0.15) is 0 Å². The number of amides is 1. The van der Waals surface area contributed by atoms with Crippen LogP contribution in [0, 0.1) is 5.41 Å². The van der Waals surface area contributed by atoms with E-state index in [2.05, 4.69) is 0 Å². The number of aliphatic carboxylic acids is 1. The first kappa shape index (κ1) is 14.0. The Kier molecular flexibility index (Phi) is 4.51. The van der Waals surface area contributed by atoms with Gasteiger partial charge >= 0.3 is 5.97 Å². The molecule has 1 rings (SSSR count). The lowest BCUT2D eigenvalue weighted by Gasteiger charge is -2.24. The highest BCUT2D eigenvalue weighted by Crippen LogP contribution is 2.34. The van der Waals surface area contributed by atoms with Crippen molar-refractivity contribution in [3.63, 3.8) is 0 Å². The minimum Gasteiger partial charge on any atom is -0.481 e. The van der Waals surface area contributed by atoms with Crippen LogP contribution in [0.1, 0.15) is 39.5 Å². The van der Waals surface area contributed by atoms with Crippen LogP contribution >= 0.6 is 0 Å². The molecule has 0 spiro atoms. The molecule has 1 aliphatic rings. The Balaban J connectivity index is 2.66. The predicted molar refractivity (Wildman–Crippen MR) is 64.4 cm³/mol. The van der Waals surface area contributed by atoms with Crippen LogP contribution in [-0.4, -0.2) is 41.0 Å². The Morgan fingerprint density at radius 1 is 1.47 bits per heavy atom. The third-order valence-electron chi connectivity index (χ3n) is 3.71. The van der Waals surface area contributed by atoms with Crippen molar-refractivity contribution in [2.75, 3.05) is 13.1 Å². The van der Waals surface area contributed by atoms with Crippen LogP contribution < -0.4 is 5.73 Å². The second-order valence-electron chi connectivity index (χ2n) is 4.84. The normalized spacial score (nSPS) is 25.9. The van der Waals surface area contributed by atoms with Crippen molar-refractivity contribution < 1.29 is 14.7 Å². The van der Waals surface area contributed by atoms with Gasteiger partial charge in [-0.15, -0.1) is 0 Å². The fourth-order valence-corrected chi connectivity index (χ4v) is 2.34. The van der Waals surface area contributed by atoms with Crippen LogP contribution in [0.4, 0.5) is 0 Å². The zero-order valence-electron chi connectivity index (χ0n) is 10.6. The first-order valence-electron chi connectivity index (χ1n) is 6.24. The highest BCUT2D eigenvalue weighted by molar-refractivity contribution is 5.84. The Hall–Kier alpha value is -1.10. The summed E-state index contributed by atoms with van der Waals surface area (Å²) in [7, 11) is 0. The highest BCUT2D eigenvalue weighted by atomic mass is 16.4. The lowest BCUT2D eigenvalue weighted by molar-refractivity contribution is -0.148. The van der Waals surface area contributed by atoms with E-state index < -0.39 is 17.4 Å². The van der Waals surface area contributed by atoms with Gasteiger partial charge in [0.15, 0.2) is 0 Å². The Morgan fingerprint density at radius 3 is 2.53 bits per heavy atom. The molecule has 1 saturated heterocycles. The maximum absolute atomic E-state index is 12.0. The molecule has 2 atom stereocenters. The van der Waals surface area contributed by atoms with Crippen LogP contribution in [0.5, 0.6) is 0 Å². The quantitative estimate of drug-likeness (QED) is 0.748. The summed E-state index contributed by atoms with van der Waals surface area (Å²) in [5, 5.41) is 9.24. The van der Waals surface area contributed by atoms with E-state index in [1.807, 2.05) is 13.8 Å². The standard InChI is InChI=1S/C12H22N2O3/c1-3-5-9(13)10(15)14-7-6-12(4-2,8-14)11(16)17/h9H,3-8,13H2,1-2H3,(H,16,17)/t9-,12?/m0/s1. The third kappa shape index (κ3) is 2.77. The predicted octanol–water partition coefficient (Wildman–Crippen LogP) is 0.827. The van der Waals surface area contributed by atoms with Gasteiger partial charge in [0.2, 0.25) is 5.91 Å². The van der Waals surface area contributed by atoms with Gasteiger partial charge < -0.3 is 15.7 Å². The number of carbonyl (C=O) groups is 2. The van der Waals surface area contributed by atoms with E-state index in [1.54, 1.807) is 4.90 Å². The molecule has 98 valence electrons. The molecule has 0 aliphatic carbocycles. The van der Waals surface area contributed by atoms with Crippen LogP contribution in [-0.2, 0) is 9.59 Å². The summed E-state index contributed by atoms with van der Waals surface area (Å²) < 4.78 is 0. The average Bonchev–Trinajstić information content (AvgIpc) is 2.74. The molecule has 1 fully saturated rings. The van der Waals surface area contributed by atoms with Gasteiger partial charge in [0.05, 0.1) is 11.5 Å². The van der Waals surface area contributed by atoms with Crippen LogP contribution in [0.15, 0.2) is 0 Å². The van der Waals surface area contributed by atoms with Gasteiger partial charge in [-0.3, -0.25) is 9.59 Å². The molecule has 1 amide bonds. The van der Waals surface area contributed by atoms with Crippen molar-refractivity contribution >= 4 is 11.9 Å². The zero-order chi connectivity index (χ0) is 13.1.